The van der Waals surface area contributed by atoms with Crippen molar-refractivity contribution in [2.75, 3.05) is 10.6 Å². The zero-order chi connectivity index (χ0) is 37.3. The predicted molar refractivity (Wildman–Crippen MR) is 234 cm³/mol. The molecule has 4 heterocycles. The van der Waals surface area contributed by atoms with Gasteiger partial charge in [0.2, 0.25) is 0 Å². The van der Waals surface area contributed by atoms with Crippen molar-refractivity contribution in [3.63, 3.8) is 0 Å². The van der Waals surface area contributed by atoms with E-state index in [0.717, 1.165) is 80.4 Å². The molecule has 270 valence electrons. The van der Waals surface area contributed by atoms with Crippen LogP contribution in [0.2, 0.25) is 0 Å². The van der Waals surface area contributed by atoms with E-state index in [9.17, 15) is 0 Å². The lowest BCUT2D eigenvalue weighted by Crippen LogP contribution is -1.93. The lowest BCUT2D eigenvalue weighted by molar-refractivity contribution is 0.627. The number of furan rings is 2. The van der Waals surface area contributed by atoms with Crippen LogP contribution < -0.4 is 10.6 Å². The van der Waals surface area contributed by atoms with Gasteiger partial charge in [0.15, 0.2) is 0 Å². The number of hydrogen-bond acceptors (Lipinski definition) is 4. The first-order chi connectivity index (χ1) is 27.6. The number of rotatable bonds is 8. The van der Waals surface area contributed by atoms with Gasteiger partial charge in [0, 0.05) is 101 Å². The summed E-state index contributed by atoms with van der Waals surface area (Å²) in [6.07, 6.45) is 0. The summed E-state index contributed by atoms with van der Waals surface area (Å²) in [6, 6.07) is 55.6. The maximum Gasteiger partial charge on any atom is 0.135 e. The maximum absolute atomic E-state index is 6.39. The molecule has 0 unspecified atom stereocenters. The molecule has 0 amide bonds. The van der Waals surface area contributed by atoms with E-state index < -0.39 is 0 Å². The highest BCUT2D eigenvalue weighted by molar-refractivity contribution is 6.10. The Labute approximate surface area is 323 Å². The minimum absolute atomic E-state index is 0.826. The highest BCUT2D eigenvalue weighted by Crippen LogP contribution is 2.37. The van der Waals surface area contributed by atoms with Crippen molar-refractivity contribution in [2.45, 2.75) is 26.9 Å². The zero-order valence-electron chi connectivity index (χ0n) is 31.1. The summed E-state index contributed by atoms with van der Waals surface area (Å²) in [6.45, 7) is 6.27. The fourth-order valence-electron chi connectivity index (χ4n) is 8.57. The molecule has 0 spiro atoms. The Morgan fingerprint density at radius 2 is 0.786 bits per heavy atom. The molecular formula is C50H38N4O2. The van der Waals surface area contributed by atoms with Crippen molar-refractivity contribution in [3.8, 4) is 22.6 Å². The Morgan fingerprint density at radius 3 is 1.21 bits per heavy atom. The molecule has 11 aromatic rings. The standard InChI is InChI=1S/C50H38N4O2/c1-3-53-43-11-7-5-9-39(43)41-29-37(21-23-45(41)53)51-35-17-13-31(14-18-35)47-25-33-27-50-34(28-49(33)55-47)26-48(56-50)32-15-19-36(20-16-32)52-38-22-24-46-42(30-38)40-10-6-8-12-44(40)54(46)4-2/h5-30,51-52H,3-4H2,1-2H3. The van der Waals surface area contributed by atoms with Crippen molar-refractivity contribution in [1.29, 1.82) is 0 Å². The number of anilines is 4. The van der Waals surface area contributed by atoms with E-state index in [2.05, 4.69) is 191 Å². The topological polar surface area (TPSA) is 60.2 Å². The van der Waals surface area contributed by atoms with Gasteiger partial charge in [-0.15, -0.1) is 0 Å². The number of benzene rings is 7. The van der Waals surface area contributed by atoms with Gasteiger partial charge in [0.05, 0.1) is 0 Å². The highest BCUT2D eigenvalue weighted by Gasteiger charge is 2.14. The number of fused-ring (bicyclic) bond motifs is 8. The Morgan fingerprint density at radius 1 is 0.393 bits per heavy atom. The van der Waals surface area contributed by atoms with Crippen LogP contribution in [0.1, 0.15) is 13.8 Å². The van der Waals surface area contributed by atoms with Gasteiger partial charge in [-0.2, -0.15) is 0 Å². The smallest absolute Gasteiger partial charge is 0.135 e. The molecule has 0 aliphatic carbocycles. The van der Waals surface area contributed by atoms with E-state index in [0.29, 0.717) is 0 Å². The summed E-state index contributed by atoms with van der Waals surface area (Å²) in [7, 11) is 0. The molecule has 0 aliphatic heterocycles. The molecule has 0 bridgehead atoms. The maximum atomic E-state index is 6.39. The second-order valence-corrected chi connectivity index (χ2v) is 14.5. The first kappa shape index (κ1) is 32.3. The van der Waals surface area contributed by atoms with E-state index in [1.807, 2.05) is 0 Å². The number of nitrogens with one attached hydrogen (secondary N) is 2. The first-order valence-corrected chi connectivity index (χ1v) is 19.3. The van der Waals surface area contributed by atoms with Gasteiger partial charge in [-0.25, -0.2) is 0 Å². The van der Waals surface area contributed by atoms with E-state index in [1.165, 1.54) is 43.6 Å². The third-order valence-corrected chi connectivity index (χ3v) is 11.2. The van der Waals surface area contributed by atoms with Gasteiger partial charge in [-0.05, 0) is 135 Å². The van der Waals surface area contributed by atoms with Crippen molar-refractivity contribution in [3.05, 3.63) is 158 Å². The molecule has 0 atom stereocenters. The fraction of sp³-hybridized carbons (Fsp3) is 0.0800. The lowest BCUT2D eigenvalue weighted by Gasteiger charge is -2.08. The summed E-state index contributed by atoms with van der Waals surface area (Å²) in [4.78, 5) is 0. The Kier molecular flexibility index (Phi) is 7.32. The van der Waals surface area contributed by atoms with E-state index in [1.54, 1.807) is 0 Å². The number of aryl methyl sites for hydroxylation is 2. The predicted octanol–water partition coefficient (Wildman–Crippen LogP) is 14.3. The van der Waals surface area contributed by atoms with E-state index in [4.69, 9.17) is 8.83 Å². The van der Waals surface area contributed by atoms with Gasteiger partial charge in [0.25, 0.3) is 0 Å². The van der Waals surface area contributed by atoms with Gasteiger partial charge in [-0.3, -0.25) is 0 Å². The molecule has 56 heavy (non-hydrogen) atoms. The quantitative estimate of drug-likeness (QED) is 0.164. The second kappa shape index (κ2) is 12.7. The molecule has 0 fully saturated rings. The molecule has 11 rings (SSSR count). The van der Waals surface area contributed by atoms with Crippen LogP contribution in [0.15, 0.2) is 167 Å². The number of nitrogens with zero attached hydrogens (tertiary/aromatic N) is 2. The normalized spacial score (nSPS) is 11.9. The summed E-state index contributed by atoms with van der Waals surface area (Å²) in [5.74, 6) is 1.65. The number of hydrogen-bond donors (Lipinski definition) is 2. The van der Waals surface area contributed by atoms with E-state index in [-0.39, 0.29) is 0 Å². The van der Waals surface area contributed by atoms with Crippen LogP contribution >= 0.6 is 0 Å². The average Bonchev–Trinajstić information content (AvgIpc) is 4.00. The molecule has 6 heteroatoms. The molecule has 0 saturated heterocycles. The van der Waals surface area contributed by atoms with Gasteiger partial charge in [0.1, 0.15) is 22.7 Å². The summed E-state index contributed by atoms with van der Waals surface area (Å²) in [5.41, 5.74) is 12.9. The van der Waals surface area contributed by atoms with Crippen LogP contribution in [0.3, 0.4) is 0 Å². The van der Waals surface area contributed by atoms with Gasteiger partial charge < -0.3 is 28.6 Å². The second-order valence-electron chi connectivity index (χ2n) is 14.5. The lowest BCUT2D eigenvalue weighted by atomic mass is 10.1. The largest absolute Gasteiger partial charge is 0.456 e. The van der Waals surface area contributed by atoms with Crippen LogP contribution in [0.5, 0.6) is 0 Å². The third-order valence-electron chi connectivity index (χ3n) is 11.2. The van der Waals surface area contributed by atoms with Crippen LogP contribution in [-0.2, 0) is 13.1 Å². The molecule has 0 aliphatic rings. The molecule has 7 aromatic carbocycles. The van der Waals surface area contributed by atoms with Gasteiger partial charge >= 0.3 is 0 Å². The van der Waals surface area contributed by atoms with Gasteiger partial charge in [-0.1, -0.05) is 36.4 Å². The highest BCUT2D eigenvalue weighted by atomic mass is 16.3. The van der Waals surface area contributed by atoms with Crippen molar-refractivity contribution in [2.24, 2.45) is 0 Å². The summed E-state index contributed by atoms with van der Waals surface area (Å²) < 4.78 is 17.5. The average molecular weight is 727 g/mol. The number of para-hydroxylation sites is 2. The Hall–Kier alpha value is -7.18. The summed E-state index contributed by atoms with van der Waals surface area (Å²) >= 11 is 0. The Balaban J connectivity index is 0.807. The molecule has 2 N–H and O–H groups in total. The SMILES string of the molecule is CCn1c2ccccc2c2cc(Nc3ccc(-c4cc5cc6oc(-c7ccc(Nc8ccc9c(c8)c8ccccc8n9CC)cc7)cc6cc5o4)cc3)ccc21. The van der Waals surface area contributed by atoms with Crippen LogP contribution in [-0.4, -0.2) is 9.13 Å². The molecule has 6 nitrogen and oxygen atoms in total. The third kappa shape index (κ3) is 5.25. The van der Waals surface area contributed by atoms with Crippen LogP contribution in [0.25, 0.3) is 88.2 Å². The zero-order valence-corrected chi connectivity index (χ0v) is 31.1. The molecule has 0 radical (unpaired) electrons. The van der Waals surface area contributed by atoms with Crippen molar-refractivity contribution < 1.29 is 8.83 Å². The summed E-state index contributed by atoms with van der Waals surface area (Å²) in [5, 5.41) is 14.3. The number of aromatic nitrogens is 2. The fourth-order valence-corrected chi connectivity index (χ4v) is 8.57. The molecular weight excluding hydrogens is 689 g/mol. The minimum atomic E-state index is 0.826. The van der Waals surface area contributed by atoms with Crippen LogP contribution in [0.4, 0.5) is 22.7 Å². The monoisotopic (exact) mass is 726 g/mol. The minimum Gasteiger partial charge on any atom is -0.456 e. The first-order valence-electron chi connectivity index (χ1n) is 19.3. The van der Waals surface area contributed by atoms with Crippen LogP contribution in [0, 0.1) is 0 Å². The molecule has 4 aromatic heterocycles. The van der Waals surface area contributed by atoms with Crippen molar-refractivity contribution >= 4 is 88.3 Å². The molecule has 0 saturated carbocycles. The van der Waals surface area contributed by atoms with Crippen molar-refractivity contribution in [1.82, 2.24) is 9.13 Å². The van der Waals surface area contributed by atoms with E-state index >= 15 is 0 Å². The Bertz CT molecular complexity index is 3000.